The van der Waals surface area contributed by atoms with Crippen molar-refractivity contribution in [3.8, 4) is 5.75 Å². The molecule has 3 rings (SSSR count). The van der Waals surface area contributed by atoms with Gasteiger partial charge in [0.05, 0.1) is 17.3 Å². The quantitative estimate of drug-likeness (QED) is 0.904. The van der Waals surface area contributed by atoms with Gasteiger partial charge in [0.25, 0.3) is 5.91 Å². The van der Waals surface area contributed by atoms with Crippen molar-refractivity contribution in [3.05, 3.63) is 52.5 Å². The lowest BCUT2D eigenvalue weighted by atomic mass is 10.0. The molecule has 0 fully saturated rings. The lowest BCUT2D eigenvalue weighted by Crippen LogP contribution is -2.38. The van der Waals surface area contributed by atoms with Crippen molar-refractivity contribution in [2.24, 2.45) is 0 Å². The molecule has 0 saturated carbocycles. The largest absolute Gasteiger partial charge is 0.488 e. The van der Waals surface area contributed by atoms with Crippen LogP contribution in [0.4, 0.5) is 11.4 Å². The van der Waals surface area contributed by atoms with Crippen LogP contribution in [0.1, 0.15) is 22.8 Å². The fourth-order valence-electron chi connectivity index (χ4n) is 2.76. The molecule has 0 atom stereocenters. The van der Waals surface area contributed by atoms with Gasteiger partial charge in [0.2, 0.25) is 5.91 Å². The molecule has 6 heteroatoms. The number of rotatable bonds is 2. The summed E-state index contributed by atoms with van der Waals surface area (Å²) in [7, 11) is 0. The first-order valence-corrected chi connectivity index (χ1v) is 7.97. The molecule has 0 aromatic heterocycles. The van der Waals surface area contributed by atoms with E-state index in [1.165, 1.54) is 6.92 Å². The van der Waals surface area contributed by atoms with E-state index < -0.39 is 0 Å². The Balaban J connectivity index is 2.00. The number of nitrogens with zero attached hydrogens (tertiary/aromatic N) is 1. The van der Waals surface area contributed by atoms with E-state index in [-0.39, 0.29) is 11.8 Å². The van der Waals surface area contributed by atoms with Crippen LogP contribution >= 0.6 is 11.6 Å². The molecular formula is C18H17ClN2O3. The van der Waals surface area contributed by atoms with E-state index in [0.29, 0.717) is 40.9 Å². The first kappa shape index (κ1) is 16.3. The SMILES string of the molecule is CC(=O)Nc1cccc(C(=O)N2CCOc3c(Cl)cccc32)c1C. The molecule has 0 aliphatic carbocycles. The number of ether oxygens (including phenoxy) is 1. The van der Waals surface area contributed by atoms with Gasteiger partial charge in [0.1, 0.15) is 6.61 Å². The van der Waals surface area contributed by atoms with Crippen molar-refractivity contribution in [2.75, 3.05) is 23.4 Å². The number of fused-ring (bicyclic) bond motifs is 1. The smallest absolute Gasteiger partial charge is 0.258 e. The molecule has 1 aliphatic heterocycles. The molecule has 1 aliphatic rings. The predicted molar refractivity (Wildman–Crippen MR) is 94.1 cm³/mol. The Morgan fingerprint density at radius 2 is 1.96 bits per heavy atom. The zero-order valence-electron chi connectivity index (χ0n) is 13.4. The molecule has 0 radical (unpaired) electrons. The number of carbonyl (C=O) groups excluding carboxylic acids is 2. The van der Waals surface area contributed by atoms with Crippen molar-refractivity contribution < 1.29 is 14.3 Å². The molecule has 1 heterocycles. The van der Waals surface area contributed by atoms with Gasteiger partial charge in [-0.1, -0.05) is 23.7 Å². The normalized spacial score (nSPS) is 13.0. The highest BCUT2D eigenvalue weighted by Crippen LogP contribution is 2.38. The number of para-hydroxylation sites is 1. The van der Waals surface area contributed by atoms with E-state index in [9.17, 15) is 9.59 Å². The number of carbonyl (C=O) groups is 2. The van der Waals surface area contributed by atoms with E-state index in [4.69, 9.17) is 16.3 Å². The van der Waals surface area contributed by atoms with Gasteiger partial charge in [0, 0.05) is 18.2 Å². The standard InChI is InChI=1S/C18H17ClN2O3/c1-11-13(5-3-7-15(11)20-12(2)22)18(23)21-9-10-24-17-14(19)6-4-8-16(17)21/h3-8H,9-10H2,1-2H3,(H,20,22). The summed E-state index contributed by atoms with van der Waals surface area (Å²) in [5.74, 6) is 0.201. The maximum atomic E-state index is 13.0. The molecule has 1 N–H and O–H groups in total. The first-order valence-electron chi connectivity index (χ1n) is 7.59. The topological polar surface area (TPSA) is 58.6 Å². The second-order valence-electron chi connectivity index (χ2n) is 5.55. The molecule has 124 valence electrons. The van der Waals surface area contributed by atoms with Gasteiger partial charge in [-0.25, -0.2) is 0 Å². The molecule has 5 nitrogen and oxygen atoms in total. The van der Waals surface area contributed by atoms with E-state index >= 15 is 0 Å². The predicted octanol–water partition coefficient (Wildman–Crippen LogP) is 3.65. The monoisotopic (exact) mass is 344 g/mol. The van der Waals surface area contributed by atoms with Gasteiger partial charge in [-0.05, 0) is 36.8 Å². The van der Waals surface area contributed by atoms with Crippen LogP contribution in [-0.4, -0.2) is 25.0 Å². The maximum absolute atomic E-state index is 13.0. The highest BCUT2D eigenvalue weighted by atomic mass is 35.5. The van der Waals surface area contributed by atoms with Crippen molar-refractivity contribution >= 4 is 34.8 Å². The third-order valence-corrected chi connectivity index (χ3v) is 4.22. The fraction of sp³-hybridized carbons (Fsp3) is 0.222. The van der Waals surface area contributed by atoms with Gasteiger partial charge >= 0.3 is 0 Å². The Morgan fingerprint density at radius 3 is 2.71 bits per heavy atom. The van der Waals surface area contributed by atoms with Crippen molar-refractivity contribution in [3.63, 3.8) is 0 Å². The summed E-state index contributed by atoms with van der Waals surface area (Å²) in [6.07, 6.45) is 0. The number of anilines is 2. The minimum Gasteiger partial charge on any atom is -0.488 e. The second kappa shape index (κ2) is 6.53. The molecule has 2 aromatic carbocycles. The molecule has 0 saturated heterocycles. The van der Waals surface area contributed by atoms with Crippen LogP contribution in [0.25, 0.3) is 0 Å². The second-order valence-corrected chi connectivity index (χ2v) is 5.96. The summed E-state index contributed by atoms with van der Waals surface area (Å²) in [6.45, 7) is 4.08. The summed E-state index contributed by atoms with van der Waals surface area (Å²) >= 11 is 6.16. The van der Waals surface area contributed by atoms with Gasteiger partial charge in [-0.3, -0.25) is 9.59 Å². The van der Waals surface area contributed by atoms with Crippen LogP contribution in [0.5, 0.6) is 5.75 Å². The molecule has 2 amide bonds. The molecule has 0 bridgehead atoms. The minimum atomic E-state index is -0.175. The molecule has 2 aromatic rings. The van der Waals surface area contributed by atoms with Gasteiger partial charge in [0.15, 0.2) is 5.75 Å². The summed E-state index contributed by atoms with van der Waals surface area (Å²) in [5, 5.41) is 3.22. The minimum absolute atomic E-state index is 0.147. The zero-order chi connectivity index (χ0) is 17.3. The molecule has 0 spiro atoms. The zero-order valence-corrected chi connectivity index (χ0v) is 14.2. The van der Waals surface area contributed by atoms with E-state index in [0.717, 1.165) is 5.56 Å². The van der Waals surface area contributed by atoms with Crippen molar-refractivity contribution in [2.45, 2.75) is 13.8 Å². The number of hydrogen-bond acceptors (Lipinski definition) is 3. The summed E-state index contributed by atoms with van der Waals surface area (Å²) in [6, 6.07) is 10.6. The summed E-state index contributed by atoms with van der Waals surface area (Å²) in [5.41, 5.74) is 2.55. The van der Waals surface area contributed by atoms with Crippen molar-refractivity contribution in [1.29, 1.82) is 0 Å². The number of halogens is 1. The van der Waals surface area contributed by atoms with Crippen molar-refractivity contribution in [1.82, 2.24) is 0 Å². The summed E-state index contributed by atoms with van der Waals surface area (Å²) < 4.78 is 5.59. The number of hydrogen-bond donors (Lipinski definition) is 1. The number of benzene rings is 2. The van der Waals surface area contributed by atoms with E-state index in [2.05, 4.69) is 5.32 Å². The number of amides is 2. The first-order chi connectivity index (χ1) is 11.5. The van der Waals surface area contributed by atoms with Crippen LogP contribution in [-0.2, 0) is 4.79 Å². The molecule has 24 heavy (non-hydrogen) atoms. The number of nitrogens with one attached hydrogen (secondary N) is 1. The van der Waals surface area contributed by atoms with Gasteiger partial charge < -0.3 is 15.0 Å². The van der Waals surface area contributed by atoms with Crippen LogP contribution in [0.3, 0.4) is 0 Å². The average Bonchev–Trinajstić information content (AvgIpc) is 2.56. The Kier molecular flexibility index (Phi) is 4.44. The highest BCUT2D eigenvalue weighted by Gasteiger charge is 2.27. The maximum Gasteiger partial charge on any atom is 0.258 e. The van der Waals surface area contributed by atoms with Crippen LogP contribution < -0.4 is 15.0 Å². The highest BCUT2D eigenvalue weighted by molar-refractivity contribution is 6.32. The lowest BCUT2D eigenvalue weighted by molar-refractivity contribution is -0.114. The van der Waals surface area contributed by atoms with Gasteiger partial charge in [-0.2, -0.15) is 0 Å². The average molecular weight is 345 g/mol. The fourth-order valence-corrected chi connectivity index (χ4v) is 2.99. The Morgan fingerprint density at radius 1 is 1.21 bits per heavy atom. The Hall–Kier alpha value is -2.53. The summed E-state index contributed by atoms with van der Waals surface area (Å²) in [4.78, 5) is 26.0. The van der Waals surface area contributed by atoms with Crippen LogP contribution in [0.2, 0.25) is 5.02 Å². The third-order valence-electron chi connectivity index (χ3n) is 3.92. The third kappa shape index (κ3) is 2.95. The van der Waals surface area contributed by atoms with Crippen LogP contribution in [0, 0.1) is 6.92 Å². The molecule has 0 unspecified atom stereocenters. The van der Waals surface area contributed by atoms with E-state index in [1.807, 2.05) is 13.0 Å². The Labute approximate surface area is 145 Å². The van der Waals surface area contributed by atoms with E-state index in [1.54, 1.807) is 35.2 Å². The van der Waals surface area contributed by atoms with Crippen LogP contribution in [0.15, 0.2) is 36.4 Å². The molecular weight excluding hydrogens is 328 g/mol. The lowest BCUT2D eigenvalue weighted by Gasteiger charge is -2.30. The van der Waals surface area contributed by atoms with Gasteiger partial charge in [-0.15, -0.1) is 0 Å². The Bertz CT molecular complexity index is 820.